The molecule has 1 fully saturated rings. The van der Waals surface area contributed by atoms with Crippen molar-refractivity contribution in [1.29, 1.82) is 0 Å². The molecule has 6 heteroatoms. The van der Waals surface area contributed by atoms with E-state index in [4.69, 9.17) is 4.42 Å². The average molecular weight is 321 g/mol. The smallest absolute Gasteiger partial charge is 0.356 e. The van der Waals surface area contributed by atoms with Crippen LogP contribution in [0.3, 0.4) is 0 Å². The average Bonchev–Trinajstić information content (AvgIpc) is 2.47. The van der Waals surface area contributed by atoms with Crippen LogP contribution >= 0.6 is 0 Å². The van der Waals surface area contributed by atoms with Crippen LogP contribution in [-0.4, -0.2) is 25.8 Å². The van der Waals surface area contributed by atoms with Crippen molar-refractivity contribution >= 4 is 21.0 Å². The zero-order valence-electron chi connectivity index (χ0n) is 12.7. The molecule has 0 amide bonds. The standard InChI is InChI=1S/C16H19NO4S/c1-11-5-6-14-13(8-11)9-15(16(18)21-14)22(19,20)17-7-3-4-12(2)10-17/h5-6,8-9,12H,3-4,7,10H2,1-2H3/t12-/m1/s1. The van der Waals surface area contributed by atoms with Crippen LogP contribution in [0.25, 0.3) is 11.0 Å². The van der Waals surface area contributed by atoms with E-state index in [-0.39, 0.29) is 4.90 Å². The topological polar surface area (TPSA) is 67.6 Å². The predicted molar refractivity (Wildman–Crippen MR) is 84.4 cm³/mol. The molecule has 5 nitrogen and oxygen atoms in total. The van der Waals surface area contributed by atoms with Crippen LogP contribution in [0.5, 0.6) is 0 Å². The molecule has 2 heterocycles. The molecule has 0 bridgehead atoms. The largest absolute Gasteiger partial charge is 0.422 e. The third-order valence-electron chi connectivity index (χ3n) is 4.09. The Hall–Kier alpha value is -1.66. The maximum Gasteiger partial charge on any atom is 0.356 e. The van der Waals surface area contributed by atoms with Gasteiger partial charge in [0.25, 0.3) is 0 Å². The second-order valence-corrected chi connectivity index (χ2v) is 7.96. The quantitative estimate of drug-likeness (QED) is 0.797. The third kappa shape index (κ3) is 2.68. The lowest BCUT2D eigenvalue weighted by Gasteiger charge is -2.29. The number of piperidine rings is 1. The molecule has 2 aromatic rings. The van der Waals surface area contributed by atoms with Gasteiger partial charge in [0.15, 0.2) is 4.90 Å². The Morgan fingerprint density at radius 3 is 2.77 bits per heavy atom. The molecule has 1 atom stereocenters. The van der Waals surface area contributed by atoms with E-state index in [9.17, 15) is 13.2 Å². The van der Waals surface area contributed by atoms with E-state index in [2.05, 4.69) is 0 Å². The molecule has 0 radical (unpaired) electrons. The van der Waals surface area contributed by atoms with Crippen LogP contribution in [0.15, 0.2) is 38.4 Å². The lowest BCUT2D eigenvalue weighted by Crippen LogP contribution is -2.40. The van der Waals surface area contributed by atoms with E-state index in [0.29, 0.717) is 30.0 Å². The summed E-state index contributed by atoms with van der Waals surface area (Å²) in [5, 5.41) is 0.628. The highest BCUT2D eigenvalue weighted by Crippen LogP contribution is 2.24. The van der Waals surface area contributed by atoms with Gasteiger partial charge in [-0.1, -0.05) is 18.6 Å². The van der Waals surface area contributed by atoms with Gasteiger partial charge in [-0.3, -0.25) is 0 Å². The molecule has 0 spiro atoms. The Balaban J connectivity index is 2.12. The van der Waals surface area contributed by atoms with E-state index < -0.39 is 15.6 Å². The fourth-order valence-electron chi connectivity index (χ4n) is 2.91. The summed E-state index contributed by atoms with van der Waals surface area (Å²) in [7, 11) is -3.80. The second-order valence-electron chi connectivity index (χ2n) is 6.05. The SMILES string of the molecule is Cc1ccc2oc(=O)c(S(=O)(=O)N3CCC[C@@H](C)C3)cc2c1. The normalized spacial score (nSPS) is 20.4. The van der Waals surface area contributed by atoms with Crippen molar-refractivity contribution in [3.05, 3.63) is 40.2 Å². The zero-order chi connectivity index (χ0) is 15.9. The Labute approximate surface area is 129 Å². The van der Waals surface area contributed by atoms with Gasteiger partial charge in [0.05, 0.1) is 0 Å². The van der Waals surface area contributed by atoms with Crippen LogP contribution in [0.1, 0.15) is 25.3 Å². The van der Waals surface area contributed by atoms with Crippen molar-refractivity contribution in [2.24, 2.45) is 5.92 Å². The van der Waals surface area contributed by atoms with Gasteiger partial charge in [0.1, 0.15) is 5.58 Å². The first-order valence-electron chi connectivity index (χ1n) is 7.42. The molecule has 0 N–H and O–H groups in total. The predicted octanol–water partition coefficient (Wildman–Crippen LogP) is 2.52. The zero-order valence-corrected chi connectivity index (χ0v) is 13.5. The molecule has 118 valence electrons. The fourth-order valence-corrected chi connectivity index (χ4v) is 4.53. The van der Waals surface area contributed by atoms with Crippen molar-refractivity contribution in [2.45, 2.75) is 31.6 Å². The summed E-state index contributed by atoms with van der Waals surface area (Å²) in [4.78, 5) is 11.9. The first-order valence-corrected chi connectivity index (χ1v) is 8.86. The van der Waals surface area contributed by atoms with E-state index in [1.165, 1.54) is 10.4 Å². The van der Waals surface area contributed by atoms with E-state index >= 15 is 0 Å². The van der Waals surface area contributed by atoms with Crippen LogP contribution < -0.4 is 5.63 Å². The number of nitrogens with zero attached hydrogens (tertiary/aromatic N) is 1. The monoisotopic (exact) mass is 321 g/mol. The first-order chi connectivity index (χ1) is 10.4. The number of aryl methyl sites for hydroxylation is 1. The van der Waals surface area contributed by atoms with Crippen LogP contribution in [0.2, 0.25) is 0 Å². The van der Waals surface area contributed by atoms with Crippen LogP contribution in [-0.2, 0) is 10.0 Å². The number of rotatable bonds is 2. The Bertz CT molecular complexity index is 869. The summed E-state index contributed by atoms with van der Waals surface area (Å²) < 4.78 is 32.1. The van der Waals surface area contributed by atoms with Crippen molar-refractivity contribution in [1.82, 2.24) is 4.31 Å². The molecular formula is C16H19NO4S. The summed E-state index contributed by atoms with van der Waals surface area (Å²) in [6.45, 7) is 4.84. The van der Waals surface area contributed by atoms with E-state index in [1.807, 2.05) is 26.0 Å². The molecule has 22 heavy (non-hydrogen) atoms. The first kappa shape index (κ1) is 15.2. The van der Waals surface area contributed by atoms with Gasteiger partial charge >= 0.3 is 5.63 Å². The molecule has 0 aliphatic carbocycles. The lowest BCUT2D eigenvalue weighted by molar-refractivity contribution is 0.280. The third-order valence-corrected chi connectivity index (χ3v) is 5.95. The summed E-state index contributed by atoms with van der Waals surface area (Å²) in [5.74, 6) is 0.304. The molecule has 1 aromatic carbocycles. The van der Waals surface area contributed by atoms with Crippen molar-refractivity contribution in [3.63, 3.8) is 0 Å². The van der Waals surface area contributed by atoms with Crippen LogP contribution in [0.4, 0.5) is 0 Å². The Kier molecular flexibility index (Phi) is 3.82. The highest BCUT2D eigenvalue weighted by atomic mass is 32.2. The molecule has 0 saturated carbocycles. The molecular weight excluding hydrogens is 302 g/mol. The number of hydrogen-bond donors (Lipinski definition) is 0. The van der Waals surface area contributed by atoms with E-state index in [1.54, 1.807) is 6.07 Å². The van der Waals surface area contributed by atoms with Gasteiger partial charge in [-0.25, -0.2) is 13.2 Å². The summed E-state index contributed by atoms with van der Waals surface area (Å²) in [6, 6.07) is 6.76. The highest BCUT2D eigenvalue weighted by molar-refractivity contribution is 7.89. The number of hydrogen-bond acceptors (Lipinski definition) is 4. The fraction of sp³-hybridized carbons (Fsp3) is 0.438. The minimum Gasteiger partial charge on any atom is -0.422 e. The summed E-state index contributed by atoms with van der Waals surface area (Å²) in [5.41, 5.74) is 0.590. The number of fused-ring (bicyclic) bond motifs is 1. The minimum atomic E-state index is -3.80. The highest BCUT2D eigenvalue weighted by Gasteiger charge is 2.31. The molecule has 1 aliphatic heterocycles. The number of benzene rings is 1. The van der Waals surface area contributed by atoms with Crippen LogP contribution in [0, 0.1) is 12.8 Å². The Morgan fingerprint density at radius 1 is 1.27 bits per heavy atom. The van der Waals surface area contributed by atoms with Gasteiger partial charge in [-0.15, -0.1) is 0 Å². The van der Waals surface area contributed by atoms with Crippen molar-refractivity contribution in [3.8, 4) is 0 Å². The number of sulfonamides is 1. The molecule has 1 aromatic heterocycles. The minimum absolute atomic E-state index is 0.264. The van der Waals surface area contributed by atoms with Gasteiger partial charge in [0, 0.05) is 18.5 Å². The molecule has 3 rings (SSSR count). The van der Waals surface area contributed by atoms with Gasteiger partial charge < -0.3 is 4.42 Å². The Morgan fingerprint density at radius 2 is 2.05 bits per heavy atom. The second kappa shape index (κ2) is 5.52. The maximum absolute atomic E-state index is 12.7. The molecule has 1 aliphatic rings. The van der Waals surface area contributed by atoms with E-state index in [0.717, 1.165) is 18.4 Å². The van der Waals surface area contributed by atoms with Gasteiger partial charge in [-0.05, 0) is 43.9 Å². The molecule has 1 saturated heterocycles. The van der Waals surface area contributed by atoms with Gasteiger partial charge in [-0.2, -0.15) is 4.31 Å². The van der Waals surface area contributed by atoms with Crippen molar-refractivity contribution in [2.75, 3.05) is 13.1 Å². The van der Waals surface area contributed by atoms with Gasteiger partial charge in [0.2, 0.25) is 10.0 Å². The summed E-state index contributed by atoms with van der Waals surface area (Å²) >= 11 is 0. The lowest BCUT2D eigenvalue weighted by atomic mass is 10.0. The summed E-state index contributed by atoms with van der Waals surface area (Å²) in [6.07, 6.45) is 1.83. The maximum atomic E-state index is 12.7. The molecule has 0 unspecified atom stereocenters. The van der Waals surface area contributed by atoms with Crippen molar-refractivity contribution < 1.29 is 12.8 Å².